The van der Waals surface area contributed by atoms with Crippen molar-refractivity contribution in [2.75, 3.05) is 18.5 Å². The number of ether oxygens (including phenoxy) is 1. The van der Waals surface area contributed by atoms with Crippen LogP contribution in [0.25, 0.3) is 0 Å². The van der Waals surface area contributed by atoms with Gasteiger partial charge in [-0.3, -0.25) is 9.59 Å². The van der Waals surface area contributed by atoms with Gasteiger partial charge in [0.15, 0.2) is 5.78 Å². The molecule has 214 valence electrons. The van der Waals surface area contributed by atoms with Gasteiger partial charge in [0.2, 0.25) is 5.91 Å². The highest BCUT2D eigenvalue weighted by atomic mass is 16.5. The molecule has 0 fully saturated rings. The third kappa shape index (κ3) is 8.17. The molecule has 7 nitrogen and oxygen atoms in total. The Labute approximate surface area is 246 Å². The number of rotatable bonds is 14. The maximum Gasteiger partial charge on any atom is 0.326 e. The lowest BCUT2D eigenvalue weighted by atomic mass is 10.00. The first-order chi connectivity index (χ1) is 20.3. The van der Waals surface area contributed by atoms with Crippen LogP contribution in [-0.2, 0) is 22.6 Å². The van der Waals surface area contributed by atoms with Crippen LogP contribution in [0.2, 0.25) is 0 Å². The second-order valence-electron chi connectivity index (χ2n) is 9.97. The lowest BCUT2D eigenvalue weighted by molar-refractivity contribution is -0.137. The van der Waals surface area contributed by atoms with Gasteiger partial charge in [0.1, 0.15) is 18.4 Å². The minimum absolute atomic E-state index is 0.128. The van der Waals surface area contributed by atoms with E-state index < -0.39 is 12.0 Å². The van der Waals surface area contributed by atoms with Crippen molar-refractivity contribution in [3.8, 4) is 5.75 Å². The standard InChI is InChI=1S/C35H34N2O5/c1-25(2)34(39)37(24-27-11-5-3-6-12-27)21-22-42-29-19-17-26(18-20-29)23-32(35(40)41)36-31-16-10-9-15-30(31)33(38)28-13-7-4-8-14-28/h3-20,32,36H,1,21-24H2,2H3,(H,40,41). The number of carbonyl (C=O) groups is 3. The number of hydrogen-bond acceptors (Lipinski definition) is 5. The molecule has 0 bridgehead atoms. The van der Waals surface area contributed by atoms with Crippen LogP contribution in [0.15, 0.2) is 121 Å². The van der Waals surface area contributed by atoms with Crippen molar-refractivity contribution in [1.29, 1.82) is 0 Å². The zero-order chi connectivity index (χ0) is 29.9. The Balaban J connectivity index is 1.37. The number of nitrogens with one attached hydrogen (secondary N) is 1. The van der Waals surface area contributed by atoms with Gasteiger partial charge in [-0.2, -0.15) is 0 Å². The maximum absolute atomic E-state index is 13.1. The number of amides is 1. The molecule has 42 heavy (non-hydrogen) atoms. The van der Waals surface area contributed by atoms with Crippen molar-refractivity contribution < 1.29 is 24.2 Å². The van der Waals surface area contributed by atoms with Gasteiger partial charge >= 0.3 is 5.97 Å². The van der Waals surface area contributed by atoms with E-state index in [9.17, 15) is 19.5 Å². The first-order valence-electron chi connectivity index (χ1n) is 13.7. The van der Waals surface area contributed by atoms with Gasteiger partial charge in [0.25, 0.3) is 0 Å². The molecule has 0 aliphatic carbocycles. The number of nitrogens with zero attached hydrogens (tertiary/aromatic N) is 1. The van der Waals surface area contributed by atoms with Crippen molar-refractivity contribution in [2.45, 2.75) is 25.9 Å². The Morgan fingerprint density at radius 3 is 2.10 bits per heavy atom. The summed E-state index contributed by atoms with van der Waals surface area (Å²) in [4.78, 5) is 39.6. The summed E-state index contributed by atoms with van der Waals surface area (Å²) in [6.07, 6.45) is 0.196. The predicted octanol–water partition coefficient (Wildman–Crippen LogP) is 6.01. The van der Waals surface area contributed by atoms with Gasteiger partial charge in [-0.1, -0.05) is 91.5 Å². The monoisotopic (exact) mass is 562 g/mol. The van der Waals surface area contributed by atoms with Gasteiger partial charge < -0.3 is 20.1 Å². The Morgan fingerprint density at radius 1 is 0.833 bits per heavy atom. The average molecular weight is 563 g/mol. The van der Waals surface area contributed by atoms with Crippen LogP contribution in [-0.4, -0.2) is 46.9 Å². The molecule has 1 atom stereocenters. The van der Waals surface area contributed by atoms with Crippen LogP contribution in [0.1, 0.15) is 34.0 Å². The molecule has 0 saturated heterocycles. The van der Waals surface area contributed by atoms with Gasteiger partial charge in [-0.05, 0) is 42.3 Å². The molecule has 7 heteroatoms. The van der Waals surface area contributed by atoms with Gasteiger partial charge in [-0.15, -0.1) is 0 Å². The number of hydrogen-bond donors (Lipinski definition) is 2. The number of ketones is 1. The highest BCUT2D eigenvalue weighted by molar-refractivity contribution is 6.12. The molecule has 2 N–H and O–H groups in total. The molecule has 0 aromatic heterocycles. The third-order valence-electron chi connectivity index (χ3n) is 6.70. The molecule has 4 aromatic rings. The third-order valence-corrected chi connectivity index (χ3v) is 6.70. The smallest absolute Gasteiger partial charge is 0.326 e. The van der Waals surface area contributed by atoms with E-state index in [-0.39, 0.29) is 24.7 Å². The lowest BCUT2D eigenvalue weighted by Crippen LogP contribution is -2.34. The molecule has 0 radical (unpaired) electrons. The van der Waals surface area contributed by atoms with E-state index in [1.54, 1.807) is 72.5 Å². The minimum Gasteiger partial charge on any atom is -0.492 e. The Hall–Kier alpha value is -5.17. The van der Waals surface area contributed by atoms with E-state index >= 15 is 0 Å². The van der Waals surface area contributed by atoms with Crippen LogP contribution in [0, 0.1) is 0 Å². The zero-order valence-electron chi connectivity index (χ0n) is 23.5. The van der Waals surface area contributed by atoms with Gasteiger partial charge in [0, 0.05) is 35.4 Å². The predicted molar refractivity (Wildman–Crippen MR) is 164 cm³/mol. The molecule has 0 saturated carbocycles. The summed E-state index contributed by atoms with van der Waals surface area (Å²) in [5.74, 6) is -0.730. The number of anilines is 1. The number of benzene rings is 4. The summed E-state index contributed by atoms with van der Waals surface area (Å²) in [5, 5.41) is 13.0. The van der Waals surface area contributed by atoms with Crippen LogP contribution in [0.4, 0.5) is 5.69 Å². The van der Waals surface area contributed by atoms with Crippen LogP contribution >= 0.6 is 0 Å². The van der Waals surface area contributed by atoms with Crippen molar-refractivity contribution in [1.82, 2.24) is 4.90 Å². The normalized spacial score (nSPS) is 11.3. The molecule has 4 rings (SSSR count). The fourth-order valence-electron chi connectivity index (χ4n) is 4.50. The Morgan fingerprint density at radius 2 is 1.45 bits per heavy atom. The molecule has 1 amide bonds. The summed E-state index contributed by atoms with van der Waals surface area (Å²) in [7, 11) is 0. The van der Waals surface area contributed by atoms with Gasteiger partial charge in [-0.25, -0.2) is 4.79 Å². The fraction of sp³-hybridized carbons (Fsp3) is 0.171. The number of carboxylic acids is 1. The van der Waals surface area contributed by atoms with E-state index in [1.807, 2.05) is 48.5 Å². The van der Waals surface area contributed by atoms with Crippen molar-refractivity contribution in [3.63, 3.8) is 0 Å². The first kappa shape index (κ1) is 29.8. The van der Waals surface area contributed by atoms with E-state index in [0.29, 0.717) is 41.2 Å². The second kappa shape index (κ2) is 14.5. The molecule has 0 aliphatic heterocycles. The molecule has 0 aliphatic rings. The molecular weight excluding hydrogens is 528 g/mol. The van der Waals surface area contributed by atoms with Crippen LogP contribution in [0.5, 0.6) is 5.75 Å². The number of para-hydroxylation sites is 1. The van der Waals surface area contributed by atoms with E-state index in [4.69, 9.17) is 4.74 Å². The molecule has 0 spiro atoms. The van der Waals surface area contributed by atoms with E-state index in [1.165, 1.54) is 0 Å². The lowest BCUT2D eigenvalue weighted by Gasteiger charge is -2.23. The summed E-state index contributed by atoms with van der Waals surface area (Å²) in [6, 6.07) is 31.8. The molecule has 0 heterocycles. The average Bonchev–Trinajstić information content (AvgIpc) is 3.01. The number of aliphatic carboxylic acids is 1. The first-order valence-corrected chi connectivity index (χ1v) is 13.7. The van der Waals surface area contributed by atoms with Crippen molar-refractivity contribution in [2.24, 2.45) is 0 Å². The Kier molecular flexibility index (Phi) is 10.3. The zero-order valence-corrected chi connectivity index (χ0v) is 23.5. The van der Waals surface area contributed by atoms with E-state index in [2.05, 4.69) is 11.9 Å². The second-order valence-corrected chi connectivity index (χ2v) is 9.97. The summed E-state index contributed by atoms with van der Waals surface area (Å²) >= 11 is 0. The fourth-order valence-corrected chi connectivity index (χ4v) is 4.50. The quantitative estimate of drug-likeness (QED) is 0.144. The minimum atomic E-state index is -1.03. The van der Waals surface area contributed by atoms with Crippen LogP contribution in [0.3, 0.4) is 0 Å². The van der Waals surface area contributed by atoms with Crippen molar-refractivity contribution >= 4 is 23.3 Å². The maximum atomic E-state index is 13.1. The number of carboxylic acid groups (broad SMARTS) is 1. The topological polar surface area (TPSA) is 95.9 Å². The molecular formula is C35H34N2O5. The van der Waals surface area contributed by atoms with Crippen molar-refractivity contribution in [3.05, 3.63) is 144 Å². The summed E-state index contributed by atoms with van der Waals surface area (Å²) in [5.41, 5.74) is 3.67. The molecule has 1 unspecified atom stereocenters. The SMILES string of the molecule is C=C(C)C(=O)N(CCOc1ccc(CC(Nc2ccccc2C(=O)c2ccccc2)C(=O)O)cc1)Cc1ccccc1. The summed E-state index contributed by atoms with van der Waals surface area (Å²) < 4.78 is 5.90. The molecule has 4 aromatic carbocycles. The highest BCUT2D eigenvalue weighted by Crippen LogP contribution is 2.22. The number of carbonyl (C=O) groups excluding carboxylic acids is 2. The highest BCUT2D eigenvalue weighted by Gasteiger charge is 2.21. The van der Waals surface area contributed by atoms with Gasteiger partial charge in [0.05, 0.1) is 6.54 Å². The van der Waals surface area contributed by atoms with E-state index in [0.717, 1.165) is 11.1 Å². The largest absolute Gasteiger partial charge is 0.492 e. The van der Waals surface area contributed by atoms with Crippen LogP contribution < -0.4 is 10.1 Å². The summed E-state index contributed by atoms with van der Waals surface area (Å²) in [6.45, 7) is 6.61. The Bertz CT molecular complexity index is 1520.